The van der Waals surface area contributed by atoms with E-state index in [9.17, 15) is 8.42 Å². The van der Waals surface area contributed by atoms with E-state index in [2.05, 4.69) is 11.9 Å². The fourth-order valence-corrected chi connectivity index (χ4v) is 4.91. The number of halogens is 1. The number of sulfone groups is 1. The van der Waals surface area contributed by atoms with Gasteiger partial charge in [-0.05, 0) is 67.3 Å². The zero-order valence-corrected chi connectivity index (χ0v) is 18.4. The summed E-state index contributed by atoms with van der Waals surface area (Å²) in [6.45, 7) is 3.65. The van der Waals surface area contributed by atoms with Gasteiger partial charge in [0, 0.05) is 23.7 Å². The van der Waals surface area contributed by atoms with Crippen molar-refractivity contribution in [3.63, 3.8) is 0 Å². The summed E-state index contributed by atoms with van der Waals surface area (Å²) < 4.78 is 38.1. The molecule has 4 rings (SSSR count). The number of piperidine rings is 1. The van der Waals surface area contributed by atoms with E-state index in [4.69, 9.17) is 20.8 Å². The molecule has 1 fully saturated rings. The summed E-state index contributed by atoms with van der Waals surface area (Å²) in [7, 11) is -2.34. The van der Waals surface area contributed by atoms with Crippen LogP contribution < -0.4 is 9.64 Å². The molecule has 3 aromatic rings. The van der Waals surface area contributed by atoms with Crippen LogP contribution in [0.4, 0.5) is 5.88 Å². The van der Waals surface area contributed by atoms with E-state index in [0.29, 0.717) is 28.1 Å². The highest BCUT2D eigenvalue weighted by Gasteiger charge is 2.32. The molecule has 2 aromatic carbocycles. The number of nitrogens with zero attached hydrogens (tertiary/aromatic N) is 2. The highest BCUT2D eigenvalue weighted by Crippen LogP contribution is 2.36. The lowest BCUT2D eigenvalue weighted by Gasteiger charge is -2.30. The number of oxazole rings is 1. The number of ether oxygens (including phenoxy) is 1. The first-order chi connectivity index (χ1) is 14.4. The minimum Gasteiger partial charge on any atom is -0.497 e. The fraction of sp³-hybridized carbons (Fsp3) is 0.318. The van der Waals surface area contributed by atoms with Crippen LogP contribution in [0.2, 0.25) is 5.02 Å². The molecule has 0 unspecified atom stereocenters. The van der Waals surface area contributed by atoms with Crippen molar-refractivity contribution in [2.24, 2.45) is 5.92 Å². The first kappa shape index (κ1) is 20.8. The van der Waals surface area contributed by atoms with Crippen molar-refractivity contribution in [1.29, 1.82) is 0 Å². The Bertz CT molecular complexity index is 1120. The lowest BCUT2D eigenvalue weighted by Crippen LogP contribution is -2.33. The molecule has 0 amide bonds. The minimum atomic E-state index is -3.88. The van der Waals surface area contributed by atoms with Gasteiger partial charge in [-0.15, -0.1) is 0 Å². The maximum atomic E-state index is 13.4. The topological polar surface area (TPSA) is 72.6 Å². The minimum absolute atomic E-state index is 0.0628. The smallest absolute Gasteiger partial charge is 0.236 e. The van der Waals surface area contributed by atoms with E-state index in [0.717, 1.165) is 25.9 Å². The number of hydrogen-bond acceptors (Lipinski definition) is 6. The molecule has 1 saturated heterocycles. The first-order valence-corrected chi connectivity index (χ1v) is 11.7. The van der Waals surface area contributed by atoms with Crippen molar-refractivity contribution in [3.8, 4) is 17.2 Å². The number of benzene rings is 2. The molecule has 0 N–H and O–H groups in total. The van der Waals surface area contributed by atoms with Gasteiger partial charge in [0.15, 0.2) is 0 Å². The standard InChI is InChI=1S/C22H23ClN2O4S/c1-15-11-13-25(14-12-15)22-21(24-20(29-22)16-3-5-17(23)6-4-16)30(26,27)19-9-7-18(28-2)8-10-19/h3-10,15H,11-14H2,1-2H3. The van der Waals surface area contributed by atoms with E-state index in [1.807, 2.05) is 4.90 Å². The molecule has 0 radical (unpaired) electrons. The molecule has 0 saturated carbocycles. The molecule has 1 aromatic heterocycles. The Labute approximate surface area is 181 Å². The second-order valence-corrected chi connectivity index (χ2v) is 9.79. The van der Waals surface area contributed by atoms with E-state index < -0.39 is 9.84 Å². The molecule has 0 aliphatic carbocycles. The van der Waals surface area contributed by atoms with Crippen LogP contribution in [0.25, 0.3) is 11.5 Å². The zero-order valence-electron chi connectivity index (χ0n) is 16.8. The Morgan fingerprint density at radius 1 is 1.07 bits per heavy atom. The van der Waals surface area contributed by atoms with E-state index in [1.54, 1.807) is 36.4 Å². The van der Waals surface area contributed by atoms with Crippen LogP contribution in [-0.4, -0.2) is 33.6 Å². The first-order valence-electron chi connectivity index (χ1n) is 9.79. The van der Waals surface area contributed by atoms with Gasteiger partial charge in [0.1, 0.15) is 5.75 Å². The summed E-state index contributed by atoms with van der Waals surface area (Å²) in [5, 5.41) is 0.522. The van der Waals surface area contributed by atoms with E-state index >= 15 is 0 Å². The van der Waals surface area contributed by atoms with Crippen molar-refractivity contribution in [2.75, 3.05) is 25.1 Å². The number of methoxy groups -OCH3 is 1. The molecule has 0 atom stereocenters. The number of anilines is 1. The van der Waals surface area contributed by atoms with Gasteiger partial charge in [0.05, 0.1) is 12.0 Å². The van der Waals surface area contributed by atoms with E-state index in [1.165, 1.54) is 19.2 Å². The molecule has 8 heteroatoms. The lowest BCUT2D eigenvalue weighted by atomic mass is 9.99. The van der Waals surface area contributed by atoms with Gasteiger partial charge in [-0.3, -0.25) is 0 Å². The predicted molar refractivity (Wildman–Crippen MR) is 116 cm³/mol. The van der Waals surface area contributed by atoms with Crippen molar-refractivity contribution in [2.45, 2.75) is 29.7 Å². The Hall–Kier alpha value is -2.51. The summed E-state index contributed by atoms with van der Waals surface area (Å²) in [4.78, 5) is 6.54. The molecule has 30 heavy (non-hydrogen) atoms. The molecule has 0 bridgehead atoms. The lowest BCUT2D eigenvalue weighted by molar-refractivity contribution is 0.414. The average Bonchev–Trinajstić information content (AvgIpc) is 3.21. The van der Waals surface area contributed by atoms with Gasteiger partial charge in [-0.2, -0.15) is 4.98 Å². The van der Waals surface area contributed by atoms with Crippen LogP contribution in [0.15, 0.2) is 62.9 Å². The van der Waals surface area contributed by atoms with Crippen LogP contribution in [0.1, 0.15) is 19.8 Å². The van der Waals surface area contributed by atoms with Crippen molar-refractivity contribution in [1.82, 2.24) is 4.98 Å². The summed E-state index contributed by atoms with van der Waals surface area (Å²) in [5.74, 6) is 1.73. The summed E-state index contributed by atoms with van der Waals surface area (Å²) in [6, 6.07) is 13.3. The zero-order chi connectivity index (χ0) is 21.3. The summed E-state index contributed by atoms with van der Waals surface area (Å²) in [5.41, 5.74) is 0.669. The van der Waals surface area contributed by atoms with Gasteiger partial charge in [0.2, 0.25) is 26.6 Å². The maximum Gasteiger partial charge on any atom is 0.236 e. The summed E-state index contributed by atoms with van der Waals surface area (Å²) in [6.07, 6.45) is 1.94. The second kappa shape index (κ2) is 8.32. The van der Waals surface area contributed by atoms with Gasteiger partial charge >= 0.3 is 0 Å². The third-order valence-corrected chi connectivity index (χ3v) is 7.29. The largest absolute Gasteiger partial charge is 0.497 e. The average molecular weight is 447 g/mol. The van der Waals surface area contributed by atoms with Gasteiger partial charge in [-0.25, -0.2) is 8.42 Å². The van der Waals surface area contributed by atoms with Crippen molar-refractivity contribution in [3.05, 3.63) is 53.6 Å². The van der Waals surface area contributed by atoms with Crippen LogP contribution >= 0.6 is 11.6 Å². The highest BCUT2D eigenvalue weighted by atomic mass is 35.5. The van der Waals surface area contributed by atoms with Crippen molar-refractivity contribution < 1.29 is 17.6 Å². The molecular formula is C22H23ClN2O4S. The molecular weight excluding hydrogens is 424 g/mol. The van der Waals surface area contributed by atoms with E-state index in [-0.39, 0.29) is 15.8 Å². The quantitative estimate of drug-likeness (QED) is 0.544. The number of rotatable bonds is 5. The van der Waals surface area contributed by atoms with Crippen LogP contribution in [-0.2, 0) is 9.84 Å². The van der Waals surface area contributed by atoms with Gasteiger partial charge < -0.3 is 14.1 Å². The normalized spacial score (nSPS) is 15.4. The van der Waals surface area contributed by atoms with Gasteiger partial charge in [0.25, 0.3) is 0 Å². The van der Waals surface area contributed by atoms with Gasteiger partial charge in [-0.1, -0.05) is 18.5 Å². The Morgan fingerprint density at radius 2 is 1.70 bits per heavy atom. The monoisotopic (exact) mass is 446 g/mol. The SMILES string of the molecule is COc1ccc(S(=O)(=O)c2nc(-c3ccc(Cl)cc3)oc2N2CCC(C)CC2)cc1. The molecule has 1 aliphatic heterocycles. The fourth-order valence-electron chi connectivity index (χ4n) is 3.47. The van der Waals surface area contributed by atoms with Crippen molar-refractivity contribution >= 4 is 27.3 Å². The third-order valence-electron chi connectivity index (χ3n) is 5.37. The Balaban J connectivity index is 1.80. The molecule has 158 valence electrons. The van der Waals surface area contributed by atoms with Crippen LogP contribution in [0.5, 0.6) is 5.75 Å². The molecule has 6 nitrogen and oxygen atoms in total. The molecule has 0 spiro atoms. The second-order valence-electron chi connectivity index (χ2n) is 7.48. The number of hydrogen-bond donors (Lipinski definition) is 0. The van der Waals surface area contributed by atoms with Crippen LogP contribution in [0.3, 0.4) is 0 Å². The Kier molecular flexibility index (Phi) is 5.75. The Morgan fingerprint density at radius 3 is 2.30 bits per heavy atom. The van der Waals surface area contributed by atoms with Crippen LogP contribution in [0, 0.1) is 5.92 Å². The molecule has 2 heterocycles. The number of aromatic nitrogens is 1. The predicted octanol–water partition coefficient (Wildman–Crippen LogP) is 5.07. The summed E-state index contributed by atoms with van der Waals surface area (Å²) >= 11 is 5.98. The maximum absolute atomic E-state index is 13.4. The third kappa shape index (κ3) is 4.04. The highest BCUT2D eigenvalue weighted by molar-refractivity contribution is 7.91. The molecule has 1 aliphatic rings.